The van der Waals surface area contributed by atoms with Crippen LogP contribution in [0, 0.1) is 5.92 Å². The highest BCUT2D eigenvalue weighted by molar-refractivity contribution is 6.30. The number of piperazine rings is 1. The highest BCUT2D eigenvalue weighted by Gasteiger charge is 2.17. The molecule has 0 radical (unpaired) electrons. The van der Waals surface area contributed by atoms with Gasteiger partial charge in [0.25, 0.3) is 0 Å². The predicted molar refractivity (Wildman–Crippen MR) is 96.8 cm³/mol. The number of rotatable bonds is 7. The van der Waals surface area contributed by atoms with Gasteiger partial charge in [-0.1, -0.05) is 44.0 Å². The molecule has 1 fully saturated rings. The van der Waals surface area contributed by atoms with Crippen LogP contribution in [-0.2, 0) is 0 Å². The molecule has 1 aliphatic rings. The topological polar surface area (TPSA) is 6.48 Å². The maximum absolute atomic E-state index is 6.04. The standard InChI is InChI=1S/C19H31ClN2/c1-16(2)4-5-18(17-6-8-19(20)9-7-17)10-11-22-14-12-21(3)13-15-22/h6-9,16,18H,4-5,10-15H2,1-3H3/t18-/m0/s1. The summed E-state index contributed by atoms with van der Waals surface area (Å²) in [6.07, 6.45) is 3.85. The Bertz CT molecular complexity index is 422. The van der Waals surface area contributed by atoms with E-state index in [9.17, 15) is 0 Å². The molecule has 22 heavy (non-hydrogen) atoms. The summed E-state index contributed by atoms with van der Waals surface area (Å²) in [5.74, 6) is 1.44. The van der Waals surface area contributed by atoms with Gasteiger partial charge in [-0.2, -0.15) is 0 Å². The first kappa shape index (κ1) is 17.8. The minimum Gasteiger partial charge on any atom is -0.304 e. The molecule has 1 saturated heterocycles. The third-order valence-corrected chi connectivity index (χ3v) is 5.08. The van der Waals surface area contributed by atoms with E-state index in [4.69, 9.17) is 11.6 Å². The van der Waals surface area contributed by atoms with Crippen molar-refractivity contribution in [1.29, 1.82) is 0 Å². The number of hydrogen-bond acceptors (Lipinski definition) is 2. The van der Waals surface area contributed by atoms with Crippen LogP contribution in [0.1, 0.15) is 44.6 Å². The minimum absolute atomic E-state index is 0.666. The molecule has 0 unspecified atom stereocenters. The molecule has 0 N–H and O–H groups in total. The highest BCUT2D eigenvalue weighted by atomic mass is 35.5. The number of nitrogens with zero attached hydrogens (tertiary/aromatic N) is 2. The maximum atomic E-state index is 6.04. The summed E-state index contributed by atoms with van der Waals surface area (Å²) < 4.78 is 0. The van der Waals surface area contributed by atoms with E-state index in [1.165, 1.54) is 57.5 Å². The van der Waals surface area contributed by atoms with Crippen LogP contribution in [0.25, 0.3) is 0 Å². The van der Waals surface area contributed by atoms with Gasteiger partial charge >= 0.3 is 0 Å². The van der Waals surface area contributed by atoms with Gasteiger partial charge in [-0.15, -0.1) is 0 Å². The van der Waals surface area contributed by atoms with Crippen LogP contribution in [0.5, 0.6) is 0 Å². The smallest absolute Gasteiger partial charge is 0.0406 e. The molecule has 1 aromatic carbocycles. The van der Waals surface area contributed by atoms with Gasteiger partial charge in [0, 0.05) is 31.2 Å². The Morgan fingerprint density at radius 1 is 0.955 bits per heavy atom. The summed E-state index contributed by atoms with van der Waals surface area (Å²) in [6.45, 7) is 10.7. The highest BCUT2D eigenvalue weighted by Crippen LogP contribution is 2.28. The van der Waals surface area contributed by atoms with Crippen LogP contribution >= 0.6 is 11.6 Å². The number of hydrogen-bond donors (Lipinski definition) is 0. The Balaban J connectivity index is 1.90. The lowest BCUT2D eigenvalue weighted by molar-refractivity contribution is 0.149. The predicted octanol–water partition coefficient (Wildman–Crippen LogP) is 4.50. The van der Waals surface area contributed by atoms with E-state index in [-0.39, 0.29) is 0 Å². The zero-order valence-electron chi connectivity index (χ0n) is 14.4. The molecule has 0 aromatic heterocycles. The lowest BCUT2D eigenvalue weighted by atomic mass is 9.88. The monoisotopic (exact) mass is 322 g/mol. The summed E-state index contributed by atoms with van der Waals surface area (Å²) in [6, 6.07) is 8.51. The molecule has 0 amide bonds. The first-order valence-electron chi connectivity index (χ1n) is 8.71. The van der Waals surface area contributed by atoms with Crippen LogP contribution < -0.4 is 0 Å². The molecule has 1 atom stereocenters. The molecule has 1 heterocycles. The van der Waals surface area contributed by atoms with Gasteiger partial charge in [-0.3, -0.25) is 0 Å². The van der Waals surface area contributed by atoms with Crippen molar-refractivity contribution in [2.24, 2.45) is 5.92 Å². The Labute approximate surface area is 141 Å². The third-order valence-electron chi connectivity index (χ3n) is 4.82. The van der Waals surface area contributed by atoms with Crippen LogP contribution in [0.2, 0.25) is 5.02 Å². The lowest BCUT2D eigenvalue weighted by Crippen LogP contribution is -2.44. The second-order valence-electron chi connectivity index (χ2n) is 7.15. The molecule has 1 aliphatic heterocycles. The molecular weight excluding hydrogens is 292 g/mol. The van der Waals surface area contributed by atoms with Crippen LogP contribution in [0.3, 0.4) is 0 Å². The van der Waals surface area contributed by atoms with Crippen molar-refractivity contribution in [3.05, 3.63) is 34.9 Å². The van der Waals surface area contributed by atoms with Crippen molar-refractivity contribution in [3.8, 4) is 0 Å². The van der Waals surface area contributed by atoms with Gasteiger partial charge < -0.3 is 9.80 Å². The lowest BCUT2D eigenvalue weighted by Gasteiger charge is -2.33. The van der Waals surface area contributed by atoms with Crippen molar-refractivity contribution in [2.45, 2.75) is 39.0 Å². The summed E-state index contributed by atoms with van der Waals surface area (Å²) in [5.41, 5.74) is 1.46. The second kappa shape index (κ2) is 8.90. The molecule has 0 spiro atoms. The van der Waals surface area contributed by atoms with Gasteiger partial charge in [0.2, 0.25) is 0 Å². The van der Waals surface area contributed by atoms with Crippen molar-refractivity contribution >= 4 is 11.6 Å². The zero-order valence-corrected chi connectivity index (χ0v) is 15.1. The maximum Gasteiger partial charge on any atom is 0.0406 e. The Morgan fingerprint density at radius 2 is 1.59 bits per heavy atom. The number of likely N-dealkylation sites (N-methyl/N-ethyl adjacent to an activating group) is 1. The van der Waals surface area contributed by atoms with Crippen LogP contribution in [0.4, 0.5) is 0 Å². The number of halogens is 1. The van der Waals surface area contributed by atoms with Crippen LogP contribution in [-0.4, -0.2) is 49.6 Å². The Morgan fingerprint density at radius 3 is 2.18 bits per heavy atom. The normalized spacial score (nSPS) is 18.8. The largest absolute Gasteiger partial charge is 0.304 e. The van der Waals surface area contributed by atoms with Crippen molar-refractivity contribution in [1.82, 2.24) is 9.80 Å². The van der Waals surface area contributed by atoms with Crippen molar-refractivity contribution in [3.63, 3.8) is 0 Å². The van der Waals surface area contributed by atoms with Gasteiger partial charge in [0.1, 0.15) is 0 Å². The second-order valence-corrected chi connectivity index (χ2v) is 7.59. The van der Waals surface area contributed by atoms with E-state index in [1.54, 1.807) is 0 Å². The summed E-state index contributed by atoms with van der Waals surface area (Å²) in [5, 5.41) is 0.838. The fourth-order valence-electron chi connectivity index (χ4n) is 3.16. The summed E-state index contributed by atoms with van der Waals surface area (Å²) in [7, 11) is 2.22. The van der Waals surface area contributed by atoms with Gasteiger partial charge in [0.15, 0.2) is 0 Å². The fraction of sp³-hybridized carbons (Fsp3) is 0.684. The van der Waals surface area contributed by atoms with Gasteiger partial charge in [-0.25, -0.2) is 0 Å². The molecule has 2 rings (SSSR count). The Kier molecular flexibility index (Phi) is 7.20. The third kappa shape index (κ3) is 5.91. The SMILES string of the molecule is CC(C)CC[C@@H](CCN1CCN(C)CC1)c1ccc(Cl)cc1. The molecule has 0 aliphatic carbocycles. The quantitative estimate of drug-likeness (QED) is 0.729. The molecule has 0 saturated carbocycles. The average molecular weight is 323 g/mol. The molecule has 3 heteroatoms. The van der Waals surface area contributed by atoms with E-state index >= 15 is 0 Å². The van der Waals surface area contributed by atoms with E-state index in [0.717, 1.165) is 10.9 Å². The minimum atomic E-state index is 0.666. The molecule has 0 bridgehead atoms. The van der Waals surface area contributed by atoms with E-state index < -0.39 is 0 Å². The first-order chi connectivity index (χ1) is 10.5. The van der Waals surface area contributed by atoms with E-state index in [0.29, 0.717) is 5.92 Å². The molecule has 124 valence electrons. The van der Waals surface area contributed by atoms with Crippen LogP contribution in [0.15, 0.2) is 24.3 Å². The average Bonchev–Trinajstić information content (AvgIpc) is 2.50. The van der Waals surface area contributed by atoms with Crippen molar-refractivity contribution < 1.29 is 0 Å². The zero-order chi connectivity index (χ0) is 15.9. The summed E-state index contributed by atoms with van der Waals surface area (Å²) in [4.78, 5) is 5.05. The molecular formula is C19H31ClN2. The molecule has 1 aromatic rings. The van der Waals surface area contributed by atoms with E-state index in [1.807, 2.05) is 12.1 Å². The number of benzene rings is 1. The van der Waals surface area contributed by atoms with Crippen molar-refractivity contribution in [2.75, 3.05) is 39.8 Å². The van der Waals surface area contributed by atoms with E-state index in [2.05, 4.69) is 42.8 Å². The van der Waals surface area contributed by atoms with Gasteiger partial charge in [-0.05, 0) is 56.0 Å². The molecule has 2 nitrogen and oxygen atoms in total. The summed E-state index contributed by atoms with van der Waals surface area (Å²) >= 11 is 6.04. The Hall–Kier alpha value is -0.570. The first-order valence-corrected chi connectivity index (χ1v) is 9.08. The fourth-order valence-corrected chi connectivity index (χ4v) is 3.28. The van der Waals surface area contributed by atoms with Gasteiger partial charge in [0.05, 0.1) is 0 Å².